The Hall–Kier alpha value is -4.74. The third-order valence-electron chi connectivity index (χ3n) is 9.63. The number of carbonyl (C=O) groups is 2. The quantitative estimate of drug-likeness (QED) is 0.198. The lowest BCUT2D eigenvalue weighted by Gasteiger charge is -2.34. The lowest BCUT2D eigenvalue weighted by Crippen LogP contribution is -2.47. The van der Waals surface area contributed by atoms with Crippen LogP contribution in [0, 0.1) is 5.92 Å². The van der Waals surface area contributed by atoms with Gasteiger partial charge >= 0.3 is 5.69 Å². The van der Waals surface area contributed by atoms with Gasteiger partial charge in [0.15, 0.2) is 0 Å². The Bertz CT molecular complexity index is 2120. The Morgan fingerprint density at radius 1 is 1.00 bits per heavy atom. The van der Waals surface area contributed by atoms with Gasteiger partial charge in [-0.2, -0.15) is 0 Å². The van der Waals surface area contributed by atoms with Crippen molar-refractivity contribution in [2.75, 3.05) is 18.0 Å². The van der Waals surface area contributed by atoms with Crippen molar-refractivity contribution in [2.24, 2.45) is 5.92 Å². The van der Waals surface area contributed by atoms with Crippen LogP contribution in [0.3, 0.4) is 0 Å². The molecule has 1 fully saturated rings. The molecule has 1 saturated heterocycles. The second kappa shape index (κ2) is 14.2. The molecule has 0 radical (unpaired) electrons. The highest BCUT2D eigenvalue weighted by Crippen LogP contribution is 2.29. The van der Waals surface area contributed by atoms with E-state index in [-0.39, 0.29) is 43.0 Å². The average Bonchev–Trinajstić information content (AvgIpc) is 3.42. The smallest absolute Gasteiger partial charge is 0.333 e. The molecule has 12 heteroatoms. The maximum Gasteiger partial charge on any atom is 0.333 e. The van der Waals surface area contributed by atoms with Crippen molar-refractivity contribution in [3.63, 3.8) is 0 Å². The topological polar surface area (TPSA) is 105 Å². The summed E-state index contributed by atoms with van der Waals surface area (Å²) in [5, 5.41) is 3.50. The van der Waals surface area contributed by atoms with Gasteiger partial charge in [0.25, 0.3) is 11.8 Å². The van der Waals surface area contributed by atoms with Crippen LogP contribution in [0.25, 0.3) is 16.9 Å². The highest BCUT2D eigenvalue weighted by atomic mass is 79.9. The van der Waals surface area contributed by atoms with Crippen molar-refractivity contribution < 1.29 is 9.59 Å². The van der Waals surface area contributed by atoms with E-state index in [1.807, 2.05) is 61.5 Å². The van der Waals surface area contributed by atoms with Crippen LogP contribution in [0.15, 0.2) is 94.6 Å². The van der Waals surface area contributed by atoms with Crippen molar-refractivity contribution in [2.45, 2.75) is 52.4 Å². The third-order valence-corrected chi connectivity index (χ3v) is 10.9. The van der Waals surface area contributed by atoms with E-state index in [4.69, 9.17) is 11.6 Å². The number of fused-ring (bicyclic) bond motifs is 1. The maximum absolute atomic E-state index is 14.4. The number of piperidine rings is 1. The molecule has 2 amide bonds. The fourth-order valence-corrected chi connectivity index (χ4v) is 7.45. The number of nitrogens with zero attached hydrogens (tertiary/aromatic N) is 6. The van der Waals surface area contributed by atoms with Gasteiger partial charge in [-0.1, -0.05) is 42.8 Å². The summed E-state index contributed by atoms with van der Waals surface area (Å²) in [6, 6.07) is 22.1. The van der Waals surface area contributed by atoms with Crippen molar-refractivity contribution >= 4 is 45.0 Å². The summed E-state index contributed by atoms with van der Waals surface area (Å²) in [4.78, 5) is 55.0. The largest absolute Gasteiger partial charge is 0.371 e. The van der Waals surface area contributed by atoms with Crippen LogP contribution in [0.1, 0.15) is 58.8 Å². The molecule has 10 nitrogen and oxygen atoms in total. The van der Waals surface area contributed by atoms with E-state index in [1.165, 1.54) is 17.3 Å². The Balaban J connectivity index is 1.26. The predicted octanol–water partition coefficient (Wildman–Crippen LogP) is 6.72. The number of halogens is 2. The zero-order valence-electron chi connectivity index (χ0n) is 27.9. The molecule has 0 bridgehead atoms. The first-order valence-electron chi connectivity index (χ1n) is 16.8. The van der Waals surface area contributed by atoms with Crippen LogP contribution >= 0.6 is 27.5 Å². The van der Waals surface area contributed by atoms with E-state index >= 15 is 0 Å². The summed E-state index contributed by atoms with van der Waals surface area (Å²) in [7, 11) is 0. The van der Waals surface area contributed by atoms with Crippen LogP contribution in [0.5, 0.6) is 0 Å². The summed E-state index contributed by atoms with van der Waals surface area (Å²) in [6.07, 6.45) is 5.52. The lowest BCUT2D eigenvalue weighted by molar-refractivity contribution is 0.0610. The minimum atomic E-state index is -0.420. The standard InChI is InChI=1S/C38H37BrClN7O3/c1-24-6-5-17-44(20-24)28-10-12-29(13-11-28)47-35(36(48)42-19-27-7-3-4-8-30(27)33-15-16-41-23-43-33)34-22-45(25(2)21-46(34)38(47)50)37(49)26-9-14-31(39)32(40)18-26/h3-4,7-16,18,23-25H,5-6,17,19-22H2,1-2H3,(H,42,48)/t24-,25-/m0/s1. The molecule has 2 aromatic heterocycles. The highest BCUT2D eigenvalue weighted by molar-refractivity contribution is 9.10. The molecule has 0 spiro atoms. The van der Waals surface area contributed by atoms with E-state index in [9.17, 15) is 14.4 Å². The van der Waals surface area contributed by atoms with E-state index < -0.39 is 5.91 Å². The van der Waals surface area contributed by atoms with Crippen molar-refractivity contribution in [1.82, 2.24) is 29.3 Å². The summed E-state index contributed by atoms with van der Waals surface area (Å²) < 4.78 is 3.81. The second-order valence-corrected chi connectivity index (χ2v) is 14.3. The molecule has 0 saturated carbocycles. The number of benzene rings is 3. The van der Waals surface area contributed by atoms with Gasteiger partial charge in [0.05, 0.1) is 28.6 Å². The molecule has 2 aliphatic heterocycles. The highest BCUT2D eigenvalue weighted by Gasteiger charge is 2.35. The molecule has 5 aromatic rings. The first kappa shape index (κ1) is 33.7. The number of amides is 2. The number of carbonyl (C=O) groups excluding carboxylic acids is 2. The Morgan fingerprint density at radius 2 is 1.78 bits per heavy atom. The number of aromatic nitrogens is 4. The van der Waals surface area contributed by atoms with Gasteiger partial charge in [-0.15, -0.1) is 0 Å². The summed E-state index contributed by atoms with van der Waals surface area (Å²) >= 11 is 9.74. The van der Waals surface area contributed by atoms with Gasteiger partial charge in [0.1, 0.15) is 12.0 Å². The monoisotopic (exact) mass is 753 g/mol. The fourth-order valence-electron chi connectivity index (χ4n) is 7.03. The minimum Gasteiger partial charge on any atom is -0.371 e. The van der Waals surface area contributed by atoms with E-state index in [2.05, 4.69) is 43.0 Å². The van der Waals surface area contributed by atoms with Crippen LogP contribution in [0.2, 0.25) is 5.02 Å². The summed E-state index contributed by atoms with van der Waals surface area (Å²) in [5.41, 5.74) is 4.92. The molecular weight excluding hydrogens is 718 g/mol. The number of imidazole rings is 1. The van der Waals surface area contributed by atoms with Crippen molar-refractivity contribution in [1.29, 1.82) is 0 Å². The SMILES string of the molecule is C[C@H]1CCCN(c2ccc(-n3c(C(=O)NCc4ccccc4-c4ccncn4)c4n(c3=O)C[C@H](C)N(C(=O)c3ccc(Br)c(Cl)c3)C4)cc2)C1. The van der Waals surface area contributed by atoms with Gasteiger partial charge in [-0.25, -0.2) is 14.8 Å². The molecule has 50 heavy (non-hydrogen) atoms. The Morgan fingerprint density at radius 3 is 2.52 bits per heavy atom. The maximum atomic E-state index is 14.4. The first-order valence-corrected chi connectivity index (χ1v) is 17.9. The zero-order chi connectivity index (χ0) is 34.9. The minimum absolute atomic E-state index is 0.0694. The van der Waals surface area contributed by atoms with Gasteiger partial charge in [0, 0.05) is 59.7 Å². The van der Waals surface area contributed by atoms with Crippen LogP contribution in [0.4, 0.5) is 5.69 Å². The number of hydrogen-bond acceptors (Lipinski definition) is 6. The molecular formula is C38H37BrClN7O3. The lowest BCUT2D eigenvalue weighted by atomic mass is 10.00. The third kappa shape index (κ3) is 6.59. The van der Waals surface area contributed by atoms with Crippen LogP contribution in [-0.4, -0.2) is 54.9 Å². The Kier molecular flexibility index (Phi) is 9.61. The summed E-state index contributed by atoms with van der Waals surface area (Å²) in [5.74, 6) is -0.0420. The van der Waals surface area contributed by atoms with Crippen molar-refractivity contribution in [3.05, 3.63) is 128 Å². The van der Waals surface area contributed by atoms with E-state index in [0.29, 0.717) is 32.4 Å². The van der Waals surface area contributed by atoms with Gasteiger partial charge in [0.2, 0.25) is 0 Å². The van der Waals surface area contributed by atoms with E-state index in [0.717, 1.165) is 42.0 Å². The van der Waals surface area contributed by atoms with Gasteiger partial charge in [-0.3, -0.25) is 18.7 Å². The predicted molar refractivity (Wildman–Crippen MR) is 198 cm³/mol. The molecule has 0 unspecified atom stereocenters. The first-order chi connectivity index (χ1) is 24.2. The number of hydrogen-bond donors (Lipinski definition) is 1. The molecule has 7 rings (SSSR count). The van der Waals surface area contributed by atoms with Crippen LogP contribution < -0.4 is 15.9 Å². The second-order valence-electron chi connectivity index (χ2n) is 13.1. The molecule has 3 aromatic carbocycles. The Labute approximate surface area is 303 Å². The molecule has 0 aliphatic carbocycles. The summed E-state index contributed by atoms with van der Waals surface area (Å²) in [6.45, 7) is 6.64. The molecule has 4 heterocycles. The number of nitrogens with one attached hydrogen (secondary N) is 1. The van der Waals surface area contributed by atoms with E-state index in [1.54, 1.807) is 33.9 Å². The number of rotatable bonds is 7. The number of anilines is 1. The fraction of sp³-hybridized carbons (Fsp3) is 0.289. The van der Waals surface area contributed by atoms with Gasteiger partial charge in [-0.05, 0) is 95.7 Å². The average molecular weight is 755 g/mol. The molecule has 1 N–H and O–H groups in total. The van der Waals surface area contributed by atoms with Crippen molar-refractivity contribution in [3.8, 4) is 16.9 Å². The zero-order valence-corrected chi connectivity index (χ0v) is 30.2. The molecule has 2 atom stereocenters. The van der Waals surface area contributed by atoms with Crippen LogP contribution in [-0.2, 0) is 19.6 Å². The van der Waals surface area contributed by atoms with Gasteiger partial charge < -0.3 is 15.1 Å². The molecule has 256 valence electrons. The normalized spacial score (nSPS) is 17.4. The molecule has 2 aliphatic rings.